The Hall–Kier alpha value is -1.48. The summed E-state index contributed by atoms with van der Waals surface area (Å²) >= 11 is 0. The zero-order valence-electron chi connectivity index (χ0n) is 10.8. The topological polar surface area (TPSA) is 21.7 Å². The van der Waals surface area contributed by atoms with Gasteiger partial charge in [-0.05, 0) is 42.0 Å². The summed E-state index contributed by atoms with van der Waals surface area (Å²) in [4.78, 5) is 2.67. The largest absolute Gasteiger partial charge is 0.454 e. The maximum atomic E-state index is 5.56. The molecule has 4 aliphatic rings. The van der Waals surface area contributed by atoms with Crippen LogP contribution in [0.5, 0.6) is 11.5 Å². The van der Waals surface area contributed by atoms with E-state index in [-0.39, 0.29) is 0 Å². The van der Waals surface area contributed by atoms with E-state index in [1.165, 1.54) is 30.5 Å². The molecule has 3 heterocycles. The van der Waals surface area contributed by atoms with Gasteiger partial charge in [0, 0.05) is 25.0 Å². The lowest BCUT2D eigenvalue weighted by molar-refractivity contribution is 0.173. The van der Waals surface area contributed by atoms with Gasteiger partial charge in [0.2, 0.25) is 6.79 Å². The van der Waals surface area contributed by atoms with E-state index < -0.39 is 0 Å². The van der Waals surface area contributed by atoms with Gasteiger partial charge in [0.15, 0.2) is 11.5 Å². The lowest BCUT2D eigenvalue weighted by Gasteiger charge is -2.28. The Bertz CT molecular complexity index is 580. The fourth-order valence-corrected chi connectivity index (χ4v) is 4.41. The molecule has 1 unspecified atom stereocenters. The minimum absolute atomic E-state index is 0.376. The smallest absolute Gasteiger partial charge is 0.231 e. The van der Waals surface area contributed by atoms with Gasteiger partial charge < -0.3 is 9.47 Å². The fraction of sp³-hybridized carbons (Fsp3) is 0.500. The van der Waals surface area contributed by atoms with Crippen LogP contribution in [0.4, 0.5) is 0 Å². The summed E-state index contributed by atoms with van der Waals surface area (Å²) < 4.78 is 11.1. The average molecular weight is 255 g/mol. The molecule has 4 atom stereocenters. The minimum atomic E-state index is 0.376. The third-order valence-corrected chi connectivity index (χ3v) is 5.27. The monoisotopic (exact) mass is 255 g/mol. The Balaban J connectivity index is 1.63. The van der Waals surface area contributed by atoms with E-state index in [1.807, 2.05) is 0 Å². The number of ether oxygens (including phenoxy) is 2. The molecule has 0 radical (unpaired) electrons. The lowest BCUT2D eigenvalue weighted by Crippen LogP contribution is -2.33. The van der Waals surface area contributed by atoms with Crippen LogP contribution in [0.3, 0.4) is 0 Å². The highest BCUT2D eigenvalue weighted by atomic mass is 16.7. The van der Waals surface area contributed by atoms with Gasteiger partial charge in [-0.2, -0.15) is 0 Å². The molecule has 3 aliphatic heterocycles. The fourth-order valence-electron chi connectivity index (χ4n) is 4.41. The van der Waals surface area contributed by atoms with Gasteiger partial charge in [0.1, 0.15) is 0 Å². The van der Waals surface area contributed by atoms with Crippen molar-refractivity contribution in [2.75, 3.05) is 13.3 Å². The summed E-state index contributed by atoms with van der Waals surface area (Å²) in [5.41, 5.74) is 2.97. The van der Waals surface area contributed by atoms with E-state index in [9.17, 15) is 0 Å². The van der Waals surface area contributed by atoms with E-state index in [1.54, 1.807) is 0 Å². The van der Waals surface area contributed by atoms with Gasteiger partial charge in [-0.3, -0.25) is 4.90 Å². The van der Waals surface area contributed by atoms with Crippen LogP contribution < -0.4 is 9.47 Å². The summed E-state index contributed by atoms with van der Waals surface area (Å²) in [6.45, 7) is 2.68. The van der Waals surface area contributed by atoms with Crippen LogP contribution in [0.2, 0.25) is 0 Å². The molecular weight excluding hydrogens is 238 g/mol. The Morgan fingerprint density at radius 1 is 1.05 bits per heavy atom. The second kappa shape index (κ2) is 3.54. The normalized spacial score (nSPS) is 37.1. The molecule has 0 saturated carbocycles. The third-order valence-electron chi connectivity index (χ3n) is 5.27. The van der Waals surface area contributed by atoms with Crippen LogP contribution in [-0.4, -0.2) is 24.3 Å². The van der Waals surface area contributed by atoms with Gasteiger partial charge in [-0.15, -0.1) is 0 Å². The molecule has 1 aromatic carbocycles. The van der Waals surface area contributed by atoms with Crippen molar-refractivity contribution in [1.29, 1.82) is 0 Å². The standard InChI is InChI=1S/C16H17NO2/c1-2-4-14-11(3-1)13-8-17(14)7-10-5-15-16(6-12(10)13)19-9-18-15/h1-2,5-6,11,13-14H,3-4,7-9H2/t11-,13+,14-/m0/s1. The molecule has 0 amide bonds. The van der Waals surface area contributed by atoms with Gasteiger partial charge in [0.25, 0.3) is 0 Å². The molecule has 5 rings (SSSR count). The quantitative estimate of drug-likeness (QED) is 0.665. The highest BCUT2D eigenvalue weighted by Crippen LogP contribution is 2.50. The first-order chi connectivity index (χ1) is 9.40. The molecule has 1 saturated heterocycles. The average Bonchev–Trinajstić information content (AvgIpc) is 3.01. The van der Waals surface area contributed by atoms with Crippen molar-refractivity contribution in [1.82, 2.24) is 4.90 Å². The molecule has 98 valence electrons. The van der Waals surface area contributed by atoms with Crippen molar-refractivity contribution in [3.05, 3.63) is 35.4 Å². The molecule has 19 heavy (non-hydrogen) atoms. The van der Waals surface area contributed by atoms with E-state index in [0.717, 1.165) is 30.0 Å². The first kappa shape index (κ1) is 10.3. The number of rotatable bonds is 0. The Morgan fingerprint density at radius 3 is 2.84 bits per heavy atom. The van der Waals surface area contributed by atoms with Gasteiger partial charge in [-0.25, -0.2) is 0 Å². The van der Waals surface area contributed by atoms with Gasteiger partial charge in [0.05, 0.1) is 0 Å². The third kappa shape index (κ3) is 1.31. The highest BCUT2D eigenvalue weighted by molar-refractivity contribution is 5.51. The first-order valence-corrected chi connectivity index (χ1v) is 7.21. The van der Waals surface area contributed by atoms with Crippen LogP contribution in [0.15, 0.2) is 24.3 Å². The highest BCUT2D eigenvalue weighted by Gasteiger charge is 2.46. The van der Waals surface area contributed by atoms with Crippen LogP contribution in [0.1, 0.15) is 29.9 Å². The van der Waals surface area contributed by atoms with Crippen LogP contribution in [0, 0.1) is 5.92 Å². The first-order valence-electron chi connectivity index (χ1n) is 7.21. The van der Waals surface area contributed by atoms with Crippen LogP contribution >= 0.6 is 0 Å². The Labute approximate surface area is 112 Å². The van der Waals surface area contributed by atoms with Gasteiger partial charge >= 0.3 is 0 Å². The Morgan fingerprint density at radius 2 is 1.89 bits per heavy atom. The summed E-state index contributed by atoms with van der Waals surface area (Å²) in [5.74, 6) is 3.36. The molecule has 1 aliphatic carbocycles. The number of nitrogens with zero attached hydrogens (tertiary/aromatic N) is 1. The molecule has 3 nitrogen and oxygen atoms in total. The predicted octanol–water partition coefficient (Wildman–Crippen LogP) is 2.66. The molecule has 1 aromatic rings. The summed E-state index contributed by atoms with van der Waals surface area (Å²) in [5, 5.41) is 0. The SMILES string of the molecule is C1=CC[C@H]2[C@@H](C1)[C@H]1CN2Cc2cc3c(cc21)OCO3. The molecule has 1 fully saturated rings. The van der Waals surface area contributed by atoms with Crippen LogP contribution in [0.25, 0.3) is 0 Å². The van der Waals surface area contributed by atoms with Crippen molar-refractivity contribution < 1.29 is 9.47 Å². The van der Waals surface area contributed by atoms with Crippen LogP contribution in [-0.2, 0) is 6.54 Å². The van der Waals surface area contributed by atoms with E-state index in [4.69, 9.17) is 9.47 Å². The Kier molecular flexibility index (Phi) is 1.92. The van der Waals surface area contributed by atoms with E-state index in [2.05, 4.69) is 29.2 Å². The maximum Gasteiger partial charge on any atom is 0.231 e. The summed E-state index contributed by atoms with van der Waals surface area (Å²) in [7, 11) is 0. The lowest BCUT2D eigenvalue weighted by atomic mass is 9.79. The van der Waals surface area contributed by atoms with Crippen molar-refractivity contribution >= 4 is 0 Å². The number of allylic oxidation sites excluding steroid dienone is 1. The molecule has 0 spiro atoms. The van der Waals surface area contributed by atoms with Crippen molar-refractivity contribution in [3.8, 4) is 11.5 Å². The van der Waals surface area contributed by atoms with Crippen molar-refractivity contribution in [2.45, 2.75) is 31.3 Å². The minimum Gasteiger partial charge on any atom is -0.454 e. The summed E-state index contributed by atoms with van der Waals surface area (Å²) in [6.07, 6.45) is 7.19. The molecule has 3 heteroatoms. The second-order valence-electron chi connectivity index (χ2n) is 6.11. The second-order valence-corrected chi connectivity index (χ2v) is 6.11. The number of benzene rings is 1. The van der Waals surface area contributed by atoms with Crippen molar-refractivity contribution in [2.24, 2.45) is 5.92 Å². The molecule has 2 bridgehead atoms. The van der Waals surface area contributed by atoms with E-state index >= 15 is 0 Å². The van der Waals surface area contributed by atoms with E-state index in [0.29, 0.717) is 12.7 Å². The molecule has 0 N–H and O–H groups in total. The number of hydrogen-bond donors (Lipinski definition) is 0. The number of hydrogen-bond acceptors (Lipinski definition) is 3. The summed E-state index contributed by atoms with van der Waals surface area (Å²) in [6, 6.07) is 5.21. The van der Waals surface area contributed by atoms with Crippen molar-refractivity contribution in [3.63, 3.8) is 0 Å². The maximum absolute atomic E-state index is 5.56. The zero-order chi connectivity index (χ0) is 12.4. The molecular formula is C16H17NO2. The zero-order valence-corrected chi connectivity index (χ0v) is 10.8. The predicted molar refractivity (Wildman–Crippen MR) is 71.4 cm³/mol. The van der Waals surface area contributed by atoms with Gasteiger partial charge in [-0.1, -0.05) is 12.2 Å². The molecule has 0 aromatic heterocycles. The number of fused-ring (bicyclic) bond motifs is 8.